The van der Waals surface area contributed by atoms with Crippen molar-refractivity contribution in [3.05, 3.63) is 102 Å². The fourth-order valence-corrected chi connectivity index (χ4v) is 3.09. The van der Waals surface area contributed by atoms with Crippen LogP contribution in [0.15, 0.2) is 84.9 Å². The van der Waals surface area contributed by atoms with Crippen LogP contribution in [0.5, 0.6) is 5.75 Å². The highest BCUT2D eigenvalue weighted by Crippen LogP contribution is 2.25. The largest absolute Gasteiger partial charge is 0.497 e. The second kappa shape index (κ2) is 7.88. The molecule has 28 heavy (non-hydrogen) atoms. The van der Waals surface area contributed by atoms with Crippen molar-refractivity contribution in [2.24, 2.45) is 0 Å². The average molecular weight is 369 g/mol. The summed E-state index contributed by atoms with van der Waals surface area (Å²) in [5, 5.41) is 8.53. The molecular formula is C23H19N3O2. The molecule has 0 bridgehead atoms. The third-order valence-corrected chi connectivity index (χ3v) is 4.52. The molecule has 5 heteroatoms. The summed E-state index contributed by atoms with van der Waals surface area (Å²) in [7, 11) is 1.64. The molecule has 0 amide bonds. The fourth-order valence-electron chi connectivity index (χ4n) is 3.09. The quantitative estimate of drug-likeness (QED) is 0.477. The van der Waals surface area contributed by atoms with Gasteiger partial charge in [0.15, 0.2) is 5.69 Å². The standard InChI is InChI=1S/C23H19N3O2/c1-28-20-14-12-17(13-15-20)16-26-22(18-8-4-2-5-9-18)21(24-25-26)23(27)19-10-6-3-7-11-19/h2-15H,16H2,1H3. The molecule has 4 rings (SSSR count). The summed E-state index contributed by atoms with van der Waals surface area (Å²) in [4.78, 5) is 13.1. The topological polar surface area (TPSA) is 57.0 Å². The molecule has 4 aromatic rings. The van der Waals surface area contributed by atoms with Gasteiger partial charge in [0.1, 0.15) is 11.4 Å². The first-order chi connectivity index (χ1) is 13.8. The van der Waals surface area contributed by atoms with Crippen LogP contribution in [0, 0.1) is 0 Å². The van der Waals surface area contributed by atoms with Crippen molar-refractivity contribution >= 4 is 5.78 Å². The van der Waals surface area contributed by atoms with Crippen LogP contribution in [-0.2, 0) is 6.54 Å². The Bertz CT molecular complexity index is 1070. The molecule has 0 aliphatic rings. The van der Waals surface area contributed by atoms with Gasteiger partial charge in [-0.3, -0.25) is 4.79 Å². The van der Waals surface area contributed by atoms with E-state index in [9.17, 15) is 4.79 Å². The molecule has 5 nitrogen and oxygen atoms in total. The summed E-state index contributed by atoms with van der Waals surface area (Å²) in [6.07, 6.45) is 0. The molecular weight excluding hydrogens is 350 g/mol. The predicted molar refractivity (Wildman–Crippen MR) is 107 cm³/mol. The monoisotopic (exact) mass is 369 g/mol. The van der Waals surface area contributed by atoms with Gasteiger partial charge in [-0.05, 0) is 17.7 Å². The third kappa shape index (κ3) is 3.55. The maximum absolute atomic E-state index is 13.1. The van der Waals surface area contributed by atoms with Crippen LogP contribution in [-0.4, -0.2) is 27.9 Å². The molecule has 0 saturated heterocycles. The van der Waals surface area contributed by atoms with Gasteiger partial charge in [-0.2, -0.15) is 0 Å². The van der Waals surface area contributed by atoms with Crippen LogP contribution in [0.1, 0.15) is 21.6 Å². The maximum atomic E-state index is 13.1. The van der Waals surface area contributed by atoms with Gasteiger partial charge in [-0.25, -0.2) is 4.68 Å². The number of benzene rings is 3. The molecule has 1 heterocycles. The van der Waals surface area contributed by atoms with E-state index in [1.165, 1.54) is 0 Å². The zero-order chi connectivity index (χ0) is 19.3. The lowest BCUT2D eigenvalue weighted by Gasteiger charge is -2.09. The van der Waals surface area contributed by atoms with E-state index in [2.05, 4.69) is 10.3 Å². The van der Waals surface area contributed by atoms with Gasteiger partial charge in [0, 0.05) is 11.1 Å². The SMILES string of the molecule is COc1ccc(Cn2nnc(C(=O)c3ccccc3)c2-c2ccccc2)cc1. The summed E-state index contributed by atoms with van der Waals surface area (Å²) >= 11 is 0. The minimum atomic E-state index is -0.138. The lowest BCUT2D eigenvalue weighted by atomic mass is 10.0. The maximum Gasteiger partial charge on any atom is 0.215 e. The van der Waals surface area contributed by atoms with Gasteiger partial charge in [0.25, 0.3) is 0 Å². The van der Waals surface area contributed by atoms with Crippen LogP contribution in [0.25, 0.3) is 11.3 Å². The van der Waals surface area contributed by atoms with Crippen molar-refractivity contribution in [3.8, 4) is 17.0 Å². The highest BCUT2D eigenvalue weighted by molar-refractivity contribution is 6.10. The Morgan fingerprint density at radius 3 is 2.18 bits per heavy atom. The molecule has 0 aliphatic heterocycles. The van der Waals surface area contributed by atoms with Crippen LogP contribution in [0.3, 0.4) is 0 Å². The van der Waals surface area contributed by atoms with E-state index in [1.54, 1.807) is 23.9 Å². The van der Waals surface area contributed by atoms with E-state index in [-0.39, 0.29) is 5.78 Å². The molecule has 138 valence electrons. The van der Waals surface area contributed by atoms with Gasteiger partial charge in [0.05, 0.1) is 13.7 Å². The van der Waals surface area contributed by atoms with E-state index in [4.69, 9.17) is 4.74 Å². The van der Waals surface area contributed by atoms with Gasteiger partial charge < -0.3 is 4.74 Å². The van der Waals surface area contributed by atoms with E-state index >= 15 is 0 Å². The van der Waals surface area contributed by atoms with Crippen molar-refractivity contribution in [2.45, 2.75) is 6.54 Å². The molecule has 0 fully saturated rings. The van der Waals surface area contributed by atoms with Crippen LogP contribution >= 0.6 is 0 Å². The van der Waals surface area contributed by atoms with Crippen LogP contribution < -0.4 is 4.74 Å². The van der Waals surface area contributed by atoms with E-state index < -0.39 is 0 Å². The highest BCUT2D eigenvalue weighted by Gasteiger charge is 2.22. The summed E-state index contributed by atoms with van der Waals surface area (Å²) in [6.45, 7) is 0.503. The number of aromatic nitrogens is 3. The molecule has 0 N–H and O–H groups in total. The van der Waals surface area contributed by atoms with Crippen molar-refractivity contribution in [3.63, 3.8) is 0 Å². The van der Waals surface area contributed by atoms with Gasteiger partial charge >= 0.3 is 0 Å². The zero-order valence-electron chi connectivity index (χ0n) is 15.4. The molecule has 0 saturated carbocycles. The van der Waals surface area contributed by atoms with Crippen molar-refractivity contribution < 1.29 is 9.53 Å². The van der Waals surface area contributed by atoms with Gasteiger partial charge in [0.2, 0.25) is 5.78 Å². The number of methoxy groups -OCH3 is 1. The summed E-state index contributed by atoms with van der Waals surface area (Å²) in [5.74, 6) is 0.658. The Kier molecular flexibility index (Phi) is 4.97. The molecule has 1 aromatic heterocycles. The number of rotatable bonds is 6. The Morgan fingerprint density at radius 1 is 0.893 bits per heavy atom. The summed E-state index contributed by atoms with van der Waals surface area (Å²) in [5.41, 5.74) is 3.61. The van der Waals surface area contributed by atoms with E-state index in [0.717, 1.165) is 16.9 Å². The Hall–Kier alpha value is -3.73. The number of nitrogens with zero attached hydrogens (tertiary/aromatic N) is 3. The first-order valence-corrected chi connectivity index (χ1v) is 8.98. The van der Waals surface area contributed by atoms with E-state index in [0.29, 0.717) is 23.5 Å². The minimum Gasteiger partial charge on any atom is -0.497 e. The lowest BCUT2D eigenvalue weighted by Crippen LogP contribution is -2.07. The summed E-state index contributed by atoms with van der Waals surface area (Å²) < 4.78 is 6.99. The van der Waals surface area contributed by atoms with Crippen LogP contribution in [0.2, 0.25) is 0 Å². The molecule has 0 aliphatic carbocycles. The first-order valence-electron chi connectivity index (χ1n) is 8.98. The first kappa shape index (κ1) is 17.7. The van der Waals surface area contributed by atoms with E-state index in [1.807, 2.05) is 72.8 Å². The fraction of sp³-hybridized carbons (Fsp3) is 0.0870. The number of hydrogen-bond acceptors (Lipinski definition) is 4. The molecule has 0 unspecified atom stereocenters. The Balaban J connectivity index is 1.76. The second-order valence-corrected chi connectivity index (χ2v) is 6.35. The third-order valence-electron chi connectivity index (χ3n) is 4.52. The van der Waals surface area contributed by atoms with Crippen molar-refractivity contribution in [2.75, 3.05) is 7.11 Å². The number of carbonyl (C=O) groups is 1. The minimum absolute atomic E-state index is 0.138. The second-order valence-electron chi connectivity index (χ2n) is 6.35. The molecule has 0 spiro atoms. The molecule has 3 aromatic carbocycles. The van der Waals surface area contributed by atoms with Crippen molar-refractivity contribution in [1.29, 1.82) is 0 Å². The highest BCUT2D eigenvalue weighted by atomic mass is 16.5. The number of ether oxygens (including phenoxy) is 1. The summed E-state index contributed by atoms with van der Waals surface area (Å²) in [6, 6.07) is 26.7. The lowest BCUT2D eigenvalue weighted by molar-refractivity contribution is 0.103. The normalized spacial score (nSPS) is 10.6. The number of hydrogen-bond donors (Lipinski definition) is 0. The van der Waals surface area contributed by atoms with Gasteiger partial charge in [-0.15, -0.1) is 5.10 Å². The zero-order valence-corrected chi connectivity index (χ0v) is 15.4. The van der Waals surface area contributed by atoms with Crippen LogP contribution in [0.4, 0.5) is 0 Å². The number of ketones is 1. The van der Waals surface area contributed by atoms with Crippen molar-refractivity contribution in [1.82, 2.24) is 15.0 Å². The average Bonchev–Trinajstić information content (AvgIpc) is 3.18. The predicted octanol–water partition coefficient (Wildman–Crippen LogP) is 4.23. The molecule has 0 atom stereocenters. The number of carbonyl (C=O) groups excluding carboxylic acids is 1. The smallest absolute Gasteiger partial charge is 0.215 e. The van der Waals surface area contributed by atoms with Gasteiger partial charge in [-0.1, -0.05) is 78.0 Å². The Labute approximate surface area is 163 Å². The molecule has 0 radical (unpaired) electrons. The Morgan fingerprint density at radius 2 is 1.54 bits per heavy atom.